The molecular formula is C18H28N2O5. The molecule has 0 N–H and O–H groups in total. The summed E-state index contributed by atoms with van der Waals surface area (Å²) < 4.78 is 26.0. The summed E-state index contributed by atoms with van der Waals surface area (Å²) in [7, 11) is 0. The van der Waals surface area contributed by atoms with Crippen molar-refractivity contribution < 1.29 is 18.9 Å². The second-order valence-corrected chi connectivity index (χ2v) is 6.91. The summed E-state index contributed by atoms with van der Waals surface area (Å²) in [6.07, 6.45) is 4.86. The molecule has 25 heavy (non-hydrogen) atoms. The van der Waals surface area contributed by atoms with Crippen LogP contribution in [0.4, 0.5) is 0 Å². The molecule has 0 spiro atoms. The Morgan fingerprint density at radius 2 is 2.04 bits per heavy atom. The fourth-order valence-electron chi connectivity index (χ4n) is 3.30. The Labute approximate surface area is 148 Å². The average molecular weight is 352 g/mol. The van der Waals surface area contributed by atoms with Crippen molar-refractivity contribution in [3.63, 3.8) is 0 Å². The molecule has 3 rings (SSSR count). The van der Waals surface area contributed by atoms with Gasteiger partial charge in [-0.05, 0) is 19.8 Å². The van der Waals surface area contributed by atoms with Crippen molar-refractivity contribution in [2.75, 3.05) is 19.8 Å². The van der Waals surface area contributed by atoms with E-state index < -0.39 is 5.60 Å². The van der Waals surface area contributed by atoms with Gasteiger partial charge >= 0.3 is 6.01 Å². The number of nitrogens with zero attached hydrogens (tertiary/aromatic N) is 2. The van der Waals surface area contributed by atoms with Gasteiger partial charge in [-0.15, -0.1) is 0 Å². The lowest BCUT2D eigenvalue weighted by atomic mass is 9.98. The van der Waals surface area contributed by atoms with Crippen LogP contribution in [0, 0.1) is 0 Å². The molecule has 7 nitrogen and oxygen atoms in total. The van der Waals surface area contributed by atoms with Crippen LogP contribution < -0.4 is 10.3 Å². The summed E-state index contributed by atoms with van der Waals surface area (Å²) in [5.41, 5.74) is -0.919. The minimum Gasteiger partial charge on any atom is -0.453 e. The minimum absolute atomic E-state index is 0.275. The van der Waals surface area contributed by atoms with E-state index in [2.05, 4.69) is 18.8 Å². The molecule has 0 aromatic carbocycles. The summed E-state index contributed by atoms with van der Waals surface area (Å²) in [5, 5.41) is 0. The smallest absolute Gasteiger partial charge is 0.302 e. The molecule has 1 aromatic rings. The SMILES string of the molecule is CCCCOC[C@@]1(C)O[C@@H]2[C@@H](Oc3nc(=O)ccn32)[C@@H]1OCCCC. The van der Waals surface area contributed by atoms with Crippen molar-refractivity contribution in [1.29, 1.82) is 0 Å². The lowest BCUT2D eigenvalue weighted by Crippen LogP contribution is -2.47. The number of hydrogen-bond acceptors (Lipinski definition) is 6. The van der Waals surface area contributed by atoms with E-state index in [0.29, 0.717) is 25.8 Å². The Balaban J connectivity index is 1.76. The van der Waals surface area contributed by atoms with Gasteiger partial charge in [0.2, 0.25) is 0 Å². The molecule has 0 aliphatic carbocycles. The van der Waals surface area contributed by atoms with E-state index >= 15 is 0 Å². The first-order chi connectivity index (χ1) is 12.1. The predicted molar refractivity (Wildman–Crippen MR) is 91.8 cm³/mol. The van der Waals surface area contributed by atoms with Crippen molar-refractivity contribution in [2.24, 2.45) is 0 Å². The van der Waals surface area contributed by atoms with Gasteiger partial charge in [-0.2, -0.15) is 4.98 Å². The van der Waals surface area contributed by atoms with E-state index in [-0.39, 0.29) is 24.0 Å². The summed E-state index contributed by atoms with van der Waals surface area (Å²) in [5.74, 6) is 0. The lowest BCUT2D eigenvalue weighted by Gasteiger charge is -2.31. The van der Waals surface area contributed by atoms with Crippen LogP contribution >= 0.6 is 0 Å². The molecule has 1 fully saturated rings. The third-order valence-corrected chi connectivity index (χ3v) is 4.72. The molecule has 1 saturated heterocycles. The van der Waals surface area contributed by atoms with Gasteiger partial charge in [0.15, 0.2) is 12.3 Å². The van der Waals surface area contributed by atoms with Crippen molar-refractivity contribution in [3.8, 4) is 6.01 Å². The van der Waals surface area contributed by atoms with E-state index in [4.69, 9.17) is 18.9 Å². The fraction of sp³-hybridized carbons (Fsp3) is 0.778. The van der Waals surface area contributed by atoms with Crippen LogP contribution in [0.25, 0.3) is 0 Å². The van der Waals surface area contributed by atoms with Crippen molar-refractivity contribution in [2.45, 2.75) is 70.5 Å². The summed E-state index contributed by atoms with van der Waals surface area (Å²) in [6.45, 7) is 8.07. The largest absolute Gasteiger partial charge is 0.453 e. The van der Waals surface area contributed by atoms with Crippen LogP contribution in [0.15, 0.2) is 17.1 Å². The van der Waals surface area contributed by atoms with Crippen LogP contribution in [0.5, 0.6) is 6.01 Å². The highest BCUT2D eigenvalue weighted by molar-refractivity contribution is 5.13. The minimum atomic E-state index is -0.600. The maximum Gasteiger partial charge on any atom is 0.302 e. The molecule has 0 radical (unpaired) electrons. The molecule has 0 amide bonds. The number of unbranched alkanes of at least 4 members (excludes halogenated alkanes) is 2. The highest BCUT2D eigenvalue weighted by Crippen LogP contribution is 2.45. The fourth-order valence-corrected chi connectivity index (χ4v) is 3.30. The molecule has 140 valence electrons. The number of hydrogen-bond donors (Lipinski definition) is 0. The van der Waals surface area contributed by atoms with Gasteiger partial charge in [0.05, 0.1) is 6.61 Å². The first-order valence-electron chi connectivity index (χ1n) is 9.22. The standard InChI is InChI=1S/C18H28N2O5/c1-4-6-10-22-12-18(3)15(23-11-7-5-2)14-16(25-18)20-9-8-13(21)19-17(20)24-14/h8-9,14-16H,4-7,10-12H2,1-3H3/t14-,15-,16+,18+/m0/s1. The Hall–Kier alpha value is -1.44. The molecule has 3 heterocycles. The van der Waals surface area contributed by atoms with Gasteiger partial charge in [0.1, 0.15) is 11.7 Å². The molecule has 1 aromatic heterocycles. The first-order valence-corrected chi connectivity index (χ1v) is 9.22. The molecule has 2 aliphatic rings. The van der Waals surface area contributed by atoms with Crippen LogP contribution in [-0.4, -0.2) is 47.2 Å². The van der Waals surface area contributed by atoms with Crippen LogP contribution in [0.3, 0.4) is 0 Å². The zero-order valence-electron chi connectivity index (χ0n) is 15.3. The van der Waals surface area contributed by atoms with Gasteiger partial charge in [0.25, 0.3) is 5.56 Å². The third kappa shape index (κ3) is 3.73. The Morgan fingerprint density at radius 1 is 1.28 bits per heavy atom. The second-order valence-electron chi connectivity index (χ2n) is 6.91. The predicted octanol–water partition coefficient (Wildman–Crippen LogP) is 2.29. The number of ether oxygens (including phenoxy) is 4. The van der Waals surface area contributed by atoms with E-state index in [9.17, 15) is 4.79 Å². The van der Waals surface area contributed by atoms with Crippen molar-refractivity contribution in [1.82, 2.24) is 9.55 Å². The normalized spacial score (nSPS) is 30.1. The van der Waals surface area contributed by atoms with E-state index in [0.717, 1.165) is 25.7 Å². The van der Waals surface area contributed by atoms with Crippen LogP contribution in [0.2, 0.25) is 0 Å². The zero-order valence-corrected chi connectivity index (χ0v) is 15.3. The molecule has 2 aliphatic heterocycles. The Kier molecular flexibility index (Phi) is 5.76. The molecule has 4 atom stereocenters. The molecule has 0 bridgehead atoms. The molecular weight excluding hydrogens is 324 g/mol. The maximum atomic E-state index is 11.5. The van der Waals surface area contributed by atoms with Gasteiger partial charge in [-0.1, -0.05) is 26.7 Å². The van der Waals surface area contributed by atoms with E-state index in [1.54, 1.807) is 10.8 Å². The highest BCUT2D eigenvalue weighted by atomic mass is 16.7. The van der Waals surface area contributed by atoms with Gasteiger partial charge in [-0.3, -0.25) is 9.36 Å². The average Bonchev–Trinajstić information content (AvgIpc) is 3.05. The van der Waals surface area contributed by atoms with Gasteiger partial charge in [-0.25, -0.2) is 0 Å². The highest BCUT2D eigenvalue weighted by Gasteiger charge is 2.58. The quantitative estimate of drug-likeness (QED) is 0.635. The molecule has 0 unspecified atom stereocenters. The van der Waals surface area contributed by atoms with Crippen LogP contribution in [-0.2, 0) is 14.2 Å². The molecule has 0 saturated carbocycles. The third-order valence-electron chi connectivity index (χ3n) is 4.72. The lowest BCUT2D eigenvalue weighted by molar-refractivity contribution is -0.143. The van der Waals surface area contributed by atoms with E-state index in [1.165, 1.54) is 6.07 Å². The summed E-state index contributed by atoms with van der Waals surface area (Å²) in [6, 6.07) is 1.71. The first kappa shape index (κ1) is 18.4. The monoisotopic (exact) mass is 352 g/mol. The Morgan fingerprint density at radius 3 is 2.80 bits per heavy atom. The maximum absolute atomic E-state index is 11.5. The van der Waals surface area contributed by atoms with Gasteiger partial charge < -0.3 is 18.9 Å². The summed E-state index contributed by atoms with van der Waals surface area (Å²) in [4.78, 5) is 15.4. The number of fused-ring (bicyclic) bond motifs is 3. The number of aromatic nitrogens is 2. The molecule has 7 heteroatoms. The van der Waals surface area contributed by atoms with Crippen LogP contribution in [0.1, 0.15) is 52.7 Å². The zero-order chi connectivity index (χ0) is 17.9. The topological polar surface area (TPSA) is 71.8 Å². The van der Waals surface area contributed by atoms with Crippen molar-refractivity contribution in [3.05, 3.63) is 22.6 Å². The number of rotatable bonds is 9. The summed E-state index contributed by atoms with van der Waals surface area (Å²) >= 11 is 0. The Bertz CT molecular complexity index is 634. The second kappa shape index (κ2) is 7.85. The van der Waals surface area contributed by atoms with Gasteiger partial charge in [0, 0.05) is 25.5 Å². The van der Waals surface area contributed by atoms with Crippen molar-refractivity contribution >= 4 is 0 Å². The van der Waals surface area contributed by atoms with E-state index in [1.807, 2.05) is 6.92 Å².